The van der Waals surface area contributed by atoms with Crippen molar-refractivity contribution in [2.24, 2.45) is 17.3 Å². The lowest BCUT2D eigenvalue weighted by Crippen LogP contribution is -2.43. The molecule has 2 rings (SSSR count). The number of aliphatic hydroxyl groups excluding tert-OH is 1. The normalized spacial score (nSPS) is 33.3. The van der Waals surface area contributed by atoms with Gasteiger partial charge in [-0.25, -0.2) is 4.79 Å². The Balaban J connectivity index is 2.02. The third-order valence-electron chi connectivity index (χ3n) is 5.69. The Labute approximate surface area is 135 Å². The molecule has 1 unspecified atom stereocenters. The van der Waals surface area contributed by atoms with Crippen LogP contribution in [-0.4, -0.2) is 40.9 Å². The van der Waals surface area contributed by atoms with Crippen molar-refractivity contribution in [1.29, 1.82) is 0 Å². The summed E-state index contributed by atoms with van der Waals surface area (Å²) >= 11 is 0. The summed E-state index contributed by atoms with van der Waals surface area (Å²) < 4.78 is 5.51. The predicted octanol–water partition coefficient (Wildman–Crippen LogP) is 3.82. The summed E-state index contributed by atoms with van der Waals surface area (Å²) in [6.07, 6.45) is 4.73. The lowest BCUT2D eigenvalue weighted by atomic mass is 9.59. The van der Waals surface area contributed by atoms with Gasteiger partial charge >= 0.3 is 6.09 Å². The first-order valence-electron chi connectivity index (χ1n) is 8.80. The largest absolute Gasteiger partial charge is 0.444 e. The first-order chi connectivity index (χ1) is 10.1. The van der Waals surface area contributed by atoms with E-state index < -0.39 is 5.60 Å². The van der Waals surface area contributed by atoms with E-state index in [0.29, 0.717) is 11.8 Å². The predicted molar refractivity (Wildman–Crippen MR) is 87.7 cm³/mol. The van der Waals surface area contributed by atoms with Crippen LogP contribution < -0.4 is 0 Å². The SMILES string of the molecule is CC(C)C1(C2CCN(C(=O)OC(C)(C)C)C2)CCC(O)CC1. The fraction of sp³-hybridized carbons (Fsp3) is 0.944. The Hall–Kier alpha value is -0.770. The van der Waals surface area contributed by atoms with E-state index in [0.717, 1.165) is 45.2 Å². The monoisotopic (exact) mass is 311 g/mol. The van der Waals surface area contributed by atoms with Gasteiger partial charge in [0, 0.05) is 13.1 Å². The average Bonchev–Trinajstić information content (AvgIpc) is 2.87. The summed E-state index contributed by atoms with van der Waals surface area (Å²) in [4.78, 5) is 14.2. The highest BCUT2D eigenvalue weighted by Crippen LogP contribution is 2.51. The topological polar surface area (TPSA) is 49.8 Å². The van der Waals surface area contributed by atoms with E-state index in [2.05, 4.69) is 13.8 Å². The van der Waals surface area contributed by atoms with Crippen LogP contribution in [0.15, 0.2) is 0 Å². The number of nitrogens with zero attached hydrogens (tertiary/aromatic N) is 1. The second-order valence-electron chi connectivity index (χ2n) is 8.53. The highest BCUT2D eigenvalue weighted by molar-refractivity contribution is 5.68. The molecule has 2 aliphatic rings. The lowest BCUT2D eigenvalue weighted by molar-refractivity contribution is -0.00936. The molecule has 22 heavy (non-hydrogen) atoms. The third-order valence-corrected chi connectivity index (χ3v) is 5.69. The van der Waals surface area contributed by atoms with Crippen LogP contribution in [-0.2, 0) is 4.74 Å². The van der Waals surface area contributed by atoms with Crippen molar-refractivity contribution in [3.05, 3.63) is 0 Å². The fourth-order valence-corrected chi connectivity index (χ4v) is 4.32. The van der Waals surface area contributed by atoms with Gasteiger partial charge in [-0.1, -0.05) is 13.8 Å². The molecule has 128 valence electrons. The van der Waals surface area contributed by atoms with Crippen molar-refractivity contribution in [1.82, 2.24) is 4.90 Å². The molecule has 0 bridgehead atoms. The Morgan fingerprint density at radius 1 is 1.23 bits per heavy atom. The van der Waals surface area contributed by atoms with Crippen LogP contribution in [0.25, 0.3) is 0 Å². The summed E-state index contributed by atoms with van der Waals surface area (Å²) in [5, 5.41) is 9.85. The highest BCUT2D eigenvalue weighted by Gasteiger charge is 2.47. The minimum Gasteiger partial charge on any atom is -0.444 e. The zero-order chi connectivity index (χ0) is 16.5. The molecule has 1 aliphatic carbocycles. The van der Waals surface area contributed by atoms with E-state index in [4.69, 9.17) is 4.74 Å². The number of aliphatic hydroxyl groups is 1. The number of carbonyl (C=O) groups excluding carboxylic acids is 1. The van der Waals surface area contributed by atoms with Crippen molar-refractivity contribution in [3.63, 3.8) is 0 Å². The zero-order valence-corrected chi connectivity index (χ0v) is 14.9. The molecule has 1 heterocycles. The minimum atomic E-state index is -0.431. The van der Waals surface area contributed by atoms with Gasteiger partial charge in [-0.3, -0.25) is 0 Å². The molecule has 1 saturated heterocycles. The van der Waals surface area contributed by atoms with Crippen molar-refractivity contribution >= 4 is 6.09 Å². The smallest absolute Gasteiger partial charge is 0.410 e. The molecule has 1 aliphatic heterocycles. The van der Waals surface area contributed by atoms with Gasteiger partial charge in [0.05, 0.1) is 6.10 Å². The molecule has 2 fully saturated rings. The molecule has 0 aromatic carbocycles. The van der Waals surface area contributed by atoms with Crippen molar-refractivity contribution in [2.45, 2.75) is 78.4 Å². The fourth-order valence-electron chi connectivity index (χ4n) is 4.32. The lowest BCUT2D eigenvalue weighted by Gasteiger charge is -2.47. The standard InChI is InChI=1S/C18H33NO3/c1-13(2)18(9-6-15(20)7-10-18)14-8-11-19(12-14)16(21)22-17(3,4)5/h13-15,20H,6-12H2,1-5H3. The van der Waals surface area contributed by atoms with E-state index in [-0.39, 0.29) is 17.6 Å². The average molecular weight is 311 g/mol. The van der Waals surface area contributed by atoms with E-state index >= 15 is 0 Å². The van der Waals surface area contributed by atoms with Gasteiger partial charge in [-0.15, -0.1) is 0 Å². The van der Waals surface area contributed by atoms with Crippen molar-refractivity contribution in [3.8, 4) is 0 Å². The van der Waals surface area contributed by atoms with Crippen molar-refractivity contribution in [2.75, 3.05) is 13.1 Å². The number of ether oxygens (including phenoxy) is 1. The summed E-state index contributed by atoms with van der Waals surface area (Å²) in [5.41, 5.74) is -0.157. The van der Waals surface area contributed by atoms with Gasteiger partial charge in [0.15, 0.2) is 0 Å². The summed E-state index contributed by atoms with van der Waals surface area (Å²) in [6, 6.07) is 0. The van der Waals surface area contributed by atoms with Crippen LogP contribution >= 0.6 is 0 Å². The van der Waals surface area contributed by atoms with Crippen LogP contribution in [0.4, 0.5) is 4.79 Å². The highest BCUT2D eigenvalue weighted by atomic mass is 16.6. The molecular formula is C18H33NO3. The van der Waals surface area contributed by atoms with Gasteiger partial charge in [0.2, 0.25) is 0 Å². The second kappa shape index (κ2) is 6.38. The number of amides is 1. The Kier molecular flexibility index (Phi) is 5.10. The Morgan fingerprint density at radius 2 is 1.82 bits per heavy atom. The molecule has 1 amide bonds. The number of likely N-dealkylation sites (tertiary alicyclic amines) is 1. The van der Waals surface area contributed by atoms with Crippen LogP contribution in [0.1, 0.15) is 66.7 Å². The van der Waals surface area contributed by atoms with Crippen LogP contribution in [0, 0.1) is 17.3 Å². The minimum absolute atomic E-state index is 0.129. The molecule has 4 heteroatoms. The van der Waals surface area contributed by atoms with Crippen LogP contribution in [0.3, 0.4) is 0 Å². The molecule has 1 saturated carbocycles. The third kappa shape index (κ3) is 3.76. The number of hydrogen-bond acceptors (Lipinski definition) is 3. The van der Waals surface area contributed by atoms with Crippen LogP contribution in [0.2, 0.25) is 0 Å². The van der Waals surface area contributed by atoms with E-state index in [1.54, 1.807) is 0 Å². The van der Waals surface area contributed by atoms with Crippen molar-refractivity contribution < 1.29 is 14.6 Å². The molecule has 0 aromatic heterocycles. The van der Waals surface area contributed by atoms with E-state index in [1.807, 2.05) is 25.7 Å². The molecule has 0 aromatic rings. The summed E-state index contributed by atoms with van der Waals surface area (Å²) in [7, 11) is 0. The molecule has 0 radical (unpaired) electrons. The second-order valence-corrected chi connectivity index (χ2v) is 8.53. The number of hydrogen-bond donors (Lipinski definition) is 1. The maximum Gasteiger partial charge on any atom is 0.410 e. The Bertz CT molecular complexity index is 392. The number of rotatable bonds is 2. The maximum atomic E-state index is 12.3. The summed E-state index contributed by atoms with van der Waals surface area (Å²) in [6.45, 7) is 11.9. The number of carbonyl (C=O) groups is 1. The molecule has 0 spiro atoms. The zero-order valence-electron chi connectivity index (χ0n) is 14.9. The van der Waals surface area contributed by atoms with Gasteiger partial charge in [0.1, 0.15) is 5.60 Å². The van der Waals surface area contributed by atoms with Gasteiger partial charge in [-0.05, 0) is 70.1 Å². The molecular weight excluding hydrogens is 278 g/mol. The van der Waals surface area contributed by atoms with E-state index in [1.165, 1.54) is 0 Å². The molecule has 1 atom stereocenters. The quantitative estimate of drug-likeness (QED) is 0.843. The molecule has 1 N–H and O–H groups in total. The molecule has 4 nitrogen and oxygen atoms in total. The van der Waals surface area contributed by atoms with E-state index in [9.17, 15) is 9.90 Å². The van der Waals surface area contributed by atoms with Gasteiger partial charge in [0.25, 0.3) is 0 Å². The first kappa shape index (κ1) is 17.6. The van der Waals surface area contributed by atoms with Gasteiger partial charge < -0.3 is 14.7 Å². The Morgan fingerprint density at radius 3 is 2.32 bits per heavy atom. The van der Waals surface area contributed by atoms with Crippen LogP contribution in [0.5, 0.6) is 0 Å². The summed E-state index contributed by atoms with van der Waals surface area (Å²) in [5.74, 6) is 1.12. The maximum absolute atomic E-state index is 12.3. The first-order valence-corrected chi connectivity index (χ1v) is 8.80. The van der Waals surface area contributed by atoms with Gasteiger partial charge in [-0.2, -0.15) is 0 Å².